The van der Waals surface area contributed by atoms with Crippen LogP contribution in [0.5, 0.6) is 0 Å². The highest BCUT2D eigenvalue weighted by Crippen LogP contribution is 2.36. The fourth-order valence-corrected chi connectivity index (χ4v) is 3.24. The van der Waals surface area contributed by atoms with Crippen molar-refractivity contribution in [2.75, 3.05) is 6.61 Å². The molecular formula is C17H22N2O2. The third-order valence-electron chi connectivity index (χ3n) is 4.49. The first kappa shape index (κ1) is 14.1. The molecule has 0 N–H and O–H groups in total. The third-order valence-corrected chi connectivity index (χ3v) is 4.49. The maximum Gasteiger partial charge on any atom is 0.296 e. The first-order valence-electron chi connectivity index (χ1n) is 7.81. The van der Waals surface area contributed by atoms with Crippen LogP contribution in [-0.4, -0.2) is 29.5 Å². The van der Waals surface area contributed by atoms with Gasteiger partial charge in [0, 0.05) is 6.04 Å². The second kappa shape index (κ2) is 5.88. The summed E-state index contributed by atoms with van der Waals surface area (Å²) in [6.07, 6.45) is 3.26. The number of amidine groups is 1. The van der Waals surface area contributed by atoms with E-state index in [1.807, 2.05) is 25.1 Å². The van der Waals surface area contributed by atoms with Crippen LogP contribution >= 0.6 is 0 Å². The van der Waals surface area contributed by atoms with Gasteiger partial charge in [-0.3, -0.25) is 4.79 Å². The Bertz CT molecular complexity index is 541. The number of hydrogen-bond acceptors (Lipinski definition) is 3. The Balaban J connectivity index is 1.92. The third kappa shape index (κ3) is 2.55. The maximum absolute atomic E-state index is 12.1. The topological polar surface area (TPSA) is 41.9 Å². The van der Waals surface area contributed by atoms with E-state index in [2.05, 4.69) is 28.9 Å². The molecule has 1 saturated heterocycles. The summed E-state index contributed by atoms with van der Waals surface area (Å²) in [4.78, 5) is 18.4. The van der Waals surface area contributed by atoms with Gasteiger partial charge in [-0.15, -0.1) is 0 Å². The van der Waals surface area contributed by atoms with Gasteiger partial charge in [0.15, 0.2) is 0 Å². The fourth-order valence-electron chi connectivity index (χ4n) is 3.24. The molecule has 2 aliphatic rings. The second-order valence-electron chi connectivity index (χ2n) is 5.88. The highest BCUT2D eigenvalue weighted by Gasteiger charge is 2.44. The molecule has 1 aromatic carbocycles. The number of nitrogens with zero attached hydrogens (tertiary/aromatic N) is 2. The van der Waals surface area contributed by atoms with Gasteiger partial charge >= 0.3 is 0 Å². The van der Waals surface area contributed by atoms with Crippen LogP contribution in [0.4, 0.5) is 0 Å². The molecular weight excluding hydrogens is 264 g/mol. The van der Waals surface area contributed by atoms with E-state index in [9.17, 15) is 4.79 Å². The van der Waals surface area contributed by atoms with E-state index in [1.165, 1.54) is 5.56 Å². The number of rotatable bonds is 4. The first-order valence-corrected chi connectivity index (χ1v) is 7.81. The van der Waals surface area contributed by atoms with Crippen molar-refractivity contribution in [3.63, 3.8) is 0 Å². The lowest BCUT2D eigenvalue weighted by atomic mass is 9.91. The van der Waals surface area contributed by atoms with Crippen LogP contribution in [0.15, 0.2) is 35.3 Å². The molecule has 3 rings (SSSR count). The van der Waals surface area contributed by atoms with Crippen molar-refractivity contribution in [2.24, 2.45) is 10.9 Å². The molecule has 0 aliphatic carbocycles. The first-order chi connectivity index (χ1) is 10.2. The van der Waals surface area contributed by atoms with Crippen molar-refractivity contribution >= 4 is 11.9 Å². The number of fused-ring (bicyclic) bond motifs is 1. The molecule has 112 valence electrons. The molecule has 1 amide bonds. The van der Waals surface area contributed by atoms with Crippen molar-refractivity contribution in [3.8, 4) is 0 Å². The predicted molar refractivity (Wildman–Crippen MR) is 81.9 cm³/mol. The molecule has 3 atom stereocenters. The summed E-state index contributed by atoms with van der Waals surface area (Å²) in [5.74, 6) is -0.107. The summed E-state index contributed by atoms with van der Waals surface area (Å²) in [7, 11) is 0. The van der Waals surface area contributed by atoms with Gasteiger partial charge in [0.05, 0.1) is 12.0 Å². The van der Waals surface area contributed by atoms with E-state index in [0.29, 0.717) is 12.6 Å². The molecule has 0 saturated carbocycles. The standard InChI is InChI=1S/C17H22N2O2/c1-3-4-10-14-12(2)16(20)18-17-19(14)15(11-21-17)13-8-6-5-7-9-13/h5-9,12,14-15H,3-4,10-11H2,1-2H3/t12-,14+,15-/m1/s1. The molecule has 4 heteroatoms. The summed E-state index contributed by atoms with van der Waals surface area (Å²) < 4.78 is 5.71. The second-order valence-corrected chi connectivity index (χ2v) is 5.88. The van der Waals surface area contributed by atoms with Gasteiger partial charge in [0.2, 0.25) is 0 Å². The number of carbonyl (C=O) groups is 1. The molecule has 2 aliphatic heterocycles. The van der Waals surface area contributed by atoms with Gasteiger partial charge in [0.1, 0.15) is 6.61 Å². The maximum atomic E-state index is 12.1. The summed E-state index contributed by atoms with van der Waals surface area (Å²) in [5.41, 5.74) is 1.23. The van der Waals surface area contributed by atoms with Crippen molar-refractivity contribution < 1.29 is 9.53 Å². The van der Waals surface area contributed by atoms with Crippen LogP contribution in [0.3, 0.4) is 0 Å². The Morgan fingerprint density at radius 3 is 2.81 bits per heavy atom. The van der Waals surface area contributed by atoms with Gasteiger partial charge < -0.3 is 9.64 Å². The van der Waals surface area contributed by atoms with E-state index in [-0.39, 0.29) is 23.9 Å². The molecule has 4 nitrogen and oxygen atoms in total. The lowest BCUT2D eigenvalue weighted by molar-refractivity contribution is -0.124. The minimum Gasteiger partial charge on any atom is -0.462 e. The summed E-state index contributed by atoms with van der Waals surface area (Å²) in [6.45, 7) is 4.74. The minimum absolute atomic E-state index is 0.0453. The number of hydrogen-bond donors (Lipinski definition) is 0. The fraction of sp³-hybridized carbons (Fsp3) is 0.529. The number of ether oxygens (including phenoxy) is 1. The highest BCUT2D eigenvalue weighted by atomic mass is 16.5. The summed E-state index contributed by atoms with van der Waals surface area (Å²) in [5, 5.41) is 0. The van der Waals surface area contributed by atoms with Crippen LogP contribution in [0, 0.1) is 5.92 Å². The zero-order valence-electron chi connectivity index (χ0n) is 12.7. The molecule has 0 unspecified atom stereocenters. The van der Waals surface area contributed by atoms with E-state index in [0.717, 1.165) is 19.3 Å². The minimum atomic E-state index is -0.0618. The van der Waals surface area contributed by atoms with Gasteiger partial charge in [-0.2, -0.15) is 4.99 Å². The van der Waals surface area contributed by atoms with Crippen LogP contribution in [0.1, 0.15) is 44.7 Å². The Labute approximate surface area is 125 Å². The summed E-state index contributed by atoms with van der Waals surface area (Å²) >= 11 is 0. The number of amides is 1. The summed E-state index contributed by atoms with van der Waals surface area (Å²) in [6, 6.07) is 11.2. The number of aliphatic imine (C=N–C) groups is 1. The van der Waals surface area contributed by atoms with E-state index in [1.54, 1.807) is 0 Å². The lowest BCUT2D eigenvalue weighted by Crippen LogP contribution is -2.48. The average Bonchev–Trinajstić information content (AvgIpc) is 2.92. The molecule has 0 spiro atoms. The SMILES string of the molecule is CCCC[C@H]1[C@@H](C)C(=O)N=C2OC[C@H](c3ccccc3)N21. The van der Waals surface area contributed by atoms with Crippen molar-refractivity contribution in [1.82, 2.24) is 4.90 Å². The van der Waals surface area contributed by atoms with Crippen LogP contribution < -0.4 is 0 Å². The number of unbranched alkanes of at least 4 members (excludes halogenated alkanes) is 1. The van der Waals surface area contributed by atoms with Gasteiger partial charge in [-0.05, 0) is 12.0 Å². The molecule has 0 aromatic heterocycles. The highest BCUT2D eigenvalue weighted by molar-refractivity contribution is 5.95. The largest absolute Gasteiger partial charge is 0.462 e. The van der Waals surface area contributed by atoms with Crippen molar-refractivity contribution in [1.29, 1.82) is 0 Å². The van der Waals surface area contributed by atoms with Crippen LogP contribution in [-0.2, 0) is 9.53 Å². The number of carbonyl (C=O) groups excluding carboxylic acids is 1. The Morgan fingerprint density at radius 2 is 2.10 bits per heavy atom. The quantitative estimate of drug-likeness (QED) is 0.854. The Kier molecular flexibility index (Phi) is 3.95. The Hall–Kier alpha value is -1.84. The zero-order valence-corrected chi connectivity index (χ0v) is 12.7. The van der Waals surface area contributed by atoms with E-state index < -0.39 is 0 Å². The monoisotopic (exact) mass is 286 g/mol. The molecule has 1 aromatic rings. The van der Waals surface area contributed by atoms with Gasteiger partial charge in [-0.1, -0.05) is 57.0 Å². The molecule has 0 radical (unpaired) electrons. The van der Waals surface area contributed by atoms with E-state index >= 15 is 0 Å². The van der Waals surface area contributed by atoms with Crippen molar-refractivity contribution in [2.45, 2.75) is 45.2 Å². The zero-order chi connectivity index (χ0) is 14.8. The molecule has 0 bridgehead atoms. The Morgan fingerprint density at radius 1 is 1.33 bits per heavy atom. The molecule has 2 heterocycles. The molecule has 1 fully saturated rings. The van der Waals surface area contributed by atoms with Gasteiger partial charge in [-0.25, -0.2) is 0 Å². The smallest absolute Gasteiger partial charge is 0.296 e. The normalized spacial score (nSPS) is 28.1. The van der Waals surface area contributed by atoms with E-state index in [4.69, 9.17) is 4.74 Å². The lowest BCUT2D eigenvalue weighted by Gasteiger charge is -2.37. The average molecular weight is 286 g/mol. The van der Waals surface area contributed by atoms with Crippen molar-refractivity contribution in [3.05, 3.63) is 35.9 Å². The predicted octanol–water partition coefficient (Wildman–Crippen LogP) is 3.15. The van der Waals surface area contributed by atoms with Gasteiger partial charge in [0.25, 0.3) is 11.9 Å². The number of benzene rings is 1. The van der Waals surface area contributed by atoms with Crippen LogP contribution in [0.2, 0.25) is 0 Å². The van der Waals surface area contributed by atoms with Crippen LogP contribution in [0.25, 0.3) is 0 Å². The molecule has 21 heavy (non-hydrogen) atoms.